The molecule has 0 saturated carbocycles. The Morgan fingerprint density at radius 2 is 1.74 bits per heavy atom. The van der Waals surface area contributed by atoms with Gasteiger partial charge >= 0.3 is 0 Å². The second-order valence-corrected chi connectivity index (χ2v) is 10.2. The lowest BCUT2D eigenvalue weighted by Gasteiger charge is -2.31. The van der Waals surface area contributed by atoms with Crippen LogP contribution in [-0.4, -0.2) is 65.4 Å². The number of hydrogen-bond acceptors (Lipinski definition) is 7. The van der Waals surface area contributed by atoms with Gasteiger partial charge in [0.15, 0.2) is 5.16 Å². The van der Waals surface area contributed by atoms with Crippen LogP contribution in [0.1, 0.15) is 43.0 Å². The quantitative estimate of drug-likeness (QED) is 0.391. The number of aromatic nitrogens is 3. The molecule has 5 rings (SSSR count). The van der Waals surface area contributed by atoms with Crippen molar-refractivity contribution in [2.75, 3.05) is 39.7 Å². The van der Waals surface area contributed by atoms with E-state index in [4.69, 9.17) is 19.3 Å². The molecule has 8 heteroatoms. The van der Waals surface area contributed by atoms with Gasteiger partial charge in [-0.1, -0.05) is 30.0 Å². The molecule has 186 valence electrons. The van der Waals surface area contributed by atoms with E-state index in [1.54, 1.807) is 26.0 Å². The Morgan fingerprint density at radius 3 is 2.49 bits per heavy atom. The number of hydrogen-bond donors (Lipinski definition) is 0. The van der Waals surface area contributed by atoms with E-state index in [2.05, 4.69) is 44.9 Å². The average molecular weight is 495 g/mol. The predicted molar refractivity (Wildman–Crippen MR) is 138 cm³/mol. The van der Waals surface area contributed by atoms with Crippen molar-refractivity contribution in [2.45, 2.75) is 49.4 Å². The van der Waals surface area contributed by atoms with Crippen molar-refractivity contribution in [1.29, 1.82) is 0 Å². The van der Waals surface area contributed by atoms with Crippen molar-refractivity contribution in [1.82, 2.24) is 19.7 Å². The molecule has 3 aromatic rings. The summed E-state index contributed by atoms with van der Waals surface area (Å²) < 4.78 is 19.0. The lowest BCUT2D eigenvalue weighted by atomic mass is 9.95. The highest BCUT2D eigenvalue weighted by Crippen LogP contribution is 2.34. The molecule has 3 heterocycles. The molecule has 1 aromatic heterocycles. The van der Waals surface area contributed by atoms with Crippen molar-refractivity contribution >= 4 is 11.8 Å². The number of rotatable bonds is 9. The summed E-state index contributed by atoms with van der Waals surface area (Å²) >= 11 is 1.74. The molecule has 1 atom stereocenters. The van der Waals surface area contributed by atoms with Gasteiger partial charge in [-0.3, -0.25) is 9.47 Å². The van der Waals surface area contributed by atoms with Gasteiger partial charge < -0.3 is 14.2 Å². The highest BCUT2D eigenvalue weighted by molar-refractivity contribution is 7.99. The van der Waals surface area contributed by atoms with Gasteiger partial charge in [-0.2, -0.15) is 0 Å². The van der Waals surface area contributed by atoms with E-state index in [0.29, 0.717) is 12.0 Å². The molecule has 0 spiro atoms. The first-order chi connectivity index (χ1) is 17.2. The third-order valence-corrected chi connectivity index (χ3v) is 7.95. The minimum atomic E-state index is 0.304. The number of ether oxygens (including phenoxy) is 3. The minimum Gasteiger partial charge on any atom is -0.497 e. The van der Waals surface area contributed by atoms with Gasteiger partial charge in [0.2, 0.25) is 0 Å². The van der Waals surface area contributed by atoms with Crippen LogP contribution in [0, 0.1) is 0 Å². The zero-order valence-corrected chi connectivity index (χ0v) is 21.4. The highest BCUT2D eigenvalue weighted by atomic mass is 32.2. The molecule has 0 N–H and O–H groups in total. The van der Waals surface area contributed by atoms with Crippen LogP contribution in [0.4, 0.5) is 0 Å². The normalized spacial score (nSPS) is 19.2. The van der Waals surface area contributed by atoms with Crippen molar-refractivity contribution in [3.63, 3.8) is 0 Å². The Balaban J connectivity index is 1.32. The second-order valence-electron chi connectivity index (χ2n) is 9.23. The number of piperidine rings is 1. The summed E-state index contributed by atoms with van der Waals surface area (Å²) in [6.45, 7) is 3.87. The monoisotopic (exact) mass is 494 g/mol. The van der Waals surface area contributed by atoms with E-state index in [-0.39, 0.29) is 0 Å². The molecular weight excluding hydrogens is 460 g/mol. The molecule has 2 saturated heterocycles. The number of thioether (sulfide) groups is 1. The van der Waals surface area contributed by atoms with E-state index in [1.807, 2.05) is 18.2 Å². The number of benzene rings is 2. The maximum atomic E-state index is 5.84. The molecule has 0 amide bonds. The van der Waals surface area contributed by atoms with E-state index in [0.717, 1.165) is 85.8 Å². The first-order valence-corrected chi connectivity index (χ1v) is 13.4. The molecule has 2 aliphatic heterocycles. The molecule has 35 heavy (non-hydrogen) atoms. The van der Waals surface area contributed by atoms with Gasteiger partial charge in [0, 0.05) is 30.9 Å². The lowest BCUT2D eigenvalue weighted by Crippen LogP contribution is -2.33. The first kappa shape index (κ1) is 24.2. The molecule has 2 aliphatic rings. The van der Waals surface area contributed by atoms with Crippen LogP contribution in [0.3, 0.4) is 0 Å². The predicted octanol–water partition coefficient (Wildman–Crippen LogP) is 4.94. The van der Waals surface area contributed by atoms with Crippen molar-refractivity contribution in [3.8, 4) is 17.2 Å². The molecular formula is C27H34N4O3S. The highest BCUT2D eigenvalue weighted by Gasteiger charge is 2.28. The average Bonchev–Trinajstić information content (AvgIpc) is 3.58. The van der Waals surface area contributed by atoms with Crippen molar-refractivity contribution < 1.29 is 14.2 Å². The smallest absolute Gasteiger partial charge is 0.195 e. The lowest BCUT2D eigenvalue weighted by molar-refractivity contribution is 0.129. The van der Waals surface area contributed by atoms with Crippen LogP contribution >= 0.6 is 11.8 Å². The van der Waals surface area contributed by atoms with Gasteiger partial charge in [-0.25, -0.2) is 0 Å². The van der Waals surface area contributed by atoms with Gasteiger partial charge in [0.25, 0.3) is 0 Å². The van der Waals surface area contributed by atoms with Crippen molar-refractivity contribution in [3.05, 3.63) is 59.9 Å². The molecule has 2 aromatic carbocycles. The zero-order valence-electron chi connectivity index (χ0n) is 20.6. The summed E-state index contributed by atoms with van der Waals surface area (Å²) in [5.74, 6) is 4.07. The first-order valence-electron chi connectivity index (χ1n) is 12.4. The summed E-state index contributed by atoms with van der Waals surface area (Å²) in [4.78, 5) is 2.52. The van der Waals surface area contributed by atoms with Crippen molar-refractivity contribution in [2.24, 2.45) is 0 Å². The Bertz CT molecular complexity index is 1110. The fourth-order valence-corrected chi connectivity index (χ4v) is 5.98. The zero-order chi connectivity index (χ0) is 24.0. The van der Waals surface area contributed by atoms with Gasteiger partial charge in [-0.05, 0) is 68.6 Å². The topological polar surface area (TPSA) is 61.6 Å². The van der Waals surface area contributed by atoms with Gasteiger partial charge in [-0.15, -0.1) is 10.2 Å². The van der Waals surface area contributed by atoms with Crippen LogP contribution in [0.2, 0.25) is 0 Å². The van der Waals surface area contributed by atoms with Gasteiger partial charge in [0.1, 0.15) is 17.3 Å². The number of likely N-dealkylation sites (tertiary alicyclic amines) is 1. The number of nitrogens with zero attached hydrogens (tertiary/aromatic N) is 4. The fourth-order valence-electron chi connectivity index (χ4n) is 4.95. The molecule has 7 nitrogen and oxygen atoms in total. The molecule has 0 unspecified atom stereocenters. The second kappa shape index (κ2) is 11.5. The summed E-state index contributed by atoms with van der Waals surface area (Å²) in [5, 5.41) is 10.3. The SMILES string of the molecule is COc1cccc(CN2CCC(c3nnc(SC[C@@H]4CCCO4)n3-c3cccc(OC)c3)CC2)c1. The molecule has 0 radical (unpaired) electrons. The minimum absolute atomic E-state index is 0.304. The molecule has 0 bridgehead atoms. The van der Waals surface area contributed by atoms with E-state index in [9.17, 15) is 0 Å². The maximum absolute atomic E-state index is 5.84. The number of methoxy groups -OCH3 is 2. The fraction of sp³-hybridized carbons (Fsp3) is 0.481. The van der Waals surface area contributed by atoms with Crippen LogP contribution in [0.5, 0.6) is 11.5 Å². The van der Waals surface area contributed by atoms with E-state index in [1.165, 1.54) is 5.56 Å². The third-order valence-electron chi connectivity index (χ3n) is 6.89. The summed E-state index contributed by atoms with van der Waals surface area (Å²) in [7, 11) is 3.42. The molecule has 2 fully saturated rings. The van der Waals surface area contributed by atoms with Gasteiger partial charge in [0.05, 0.1) is 26.0 Å². The molecule has 0 aliphatic carbocycles. The standard InChI is InChI=1S/C27H34N4O3S/c1-32-23-8-3-6-20(16-23)18-30-13-11-21(12-14-30)26-28-29-27(35-19-25-10-5-15-34-25)31(26)22-7-4-9-24(17-22)33-2/h3-4,6-9,16-17,21,25H,5,10-15,18-19H2,1-2H3/t25-/m0/s1. The Hall–Kier alpha value is -2.55. The summed E-state index contributed by atoms with van der Waals surface area (Å²) in [6, 6.07) is 16.6. The summed E-state index contributed by atoms with van der Waals surface area (Å²) in [6.07, 6.45) is 4.69. The van der Waals surface area contributed by atoms with Crippen LogP contribution in [0.25, 0.3) is 5.69 Å². The Morgan fingerprint density at radius 1 is 0.971 bits per heavy atom. The van der Waals surface area contributed by atoms with Crippen LogP contribution in [0.15, 0.2) is 53.7 Å². The van der Waals surface area contributed by atoms with E-state index >= 15 is 0 Å². The van der Waals surface area contributed by atoms with Crippen LogP contribution < -0.4 is 9.47 Å². The third kappa shape index (κ3) is 5.82. The largest absolute Gasteiger partial charge is 0.497 e. The maximum Gasteiger partial charge on any atom is 0.195 e. The van der Waals surface area contributed by atoms with E-state index < -0.39 is 0 Å². The Kier molecular flexibility index (Phi) is 7.91. The van der Waals surface area contributed by atoms with Crippen LogP contribution in [-0.2, 0) is 11.3 Å². The summed E-state index contributed by atoms with van der Waals surface area (Å²) in [5.41, 5.74) is 2.34. The Labute approximate surface area is 211 Å².